The summed E-state index contributed by atoms with van der Waals surface area (Å²) in [6.45, 7) is 4.06. The molecule has 200 valence electrons. The molecule has 1 aliphatic carbocycles. The zero-order valence-corrected chi connectivity index (χ0v) is 22.4. The van der Waals surface area contributed by atoms with Crippen LogP contribution in [-0.4, -0.2) is 52.9 Å². The second-order valence-electron chi connectivity index (χ2n) is 9.67. The Bertz CT molecular complexity index is 1160. The largest absolute Gasteiger partial charge is 0.433 e. The van der Waals surface area contributed by atoms with Gasteiger partial charge in [0, 0.05) is 49.0 Å². The van der Waals surface area contributed by atoms with Crippen LogP contribution in [0.3, 0.4) is 0 Å². The molecule has 36 heavy (non-hydrogen) atoms. The van der Waals surface area contributed by atoms with Crippen LogP contribution in [0, 0.1) is 6.92 Å². The van der Waals surface area contributed by atoms with E-state index in [0.29, 0.717) is 22.7 Å². The summed E-state index contributed by atoms with van der Waals surface area (Å²) in [6.07, 6.45) is -0.547. The van der Waals surface area contributed by atoms with E-state index in [1.165, 1.54) is 13.1 Å². The lowest BCUT2D eigenvalue weighted by atomic mass is 9.89. The first-order chi connectivity index (χ1) is 16.8. The molecule has 1 saturated carbocycles. The molecule has 3 rings (SSSR count). The van der Waals surface area contributed by atoms with Gasteiger partial charge in [-0.15, -0.1) is 0 Å². The van der Waals surface area contributed by atoms with Crippen LogP contribution in [0.15, 0.2) is 16.9 Å². The van der Waals surface area contributed by atoms with E-state index in [1.807, 2.05) is 13.0 Å². The van der Waals surface area contributed by atoms with Crippen molar-refractivity contribution in [1.82, 2.24) is 19.6 Å². The predicted octanol–water partition coefficient (Wildman–Crippen LogP) is 4.33. The summed E-state index contributed by atoms with van der Waals surface area (Å²) in [4.78, 5) is 30.0. The van der Waals surface area contributed by atoms with Gasteiger partial charge in [-0.3, -0.25) is 19.0 Å². The Morgan fingerprint density at radius 3 is 2.22 bits per heavy atom. The second-order valence-corrected chi connectivity index (χ2v) is 10.1. The summed E-state index contributed by atoms with van der Waals surface area (Å²) >= 11 is 6.40. The molecule has 0 spiro atoms. The molecule has 0 radical (unpaired) electrons. The first-order valence-corrected chi connectivity index (χ1v) is 12.5. The van der Waals surface area contributed by atoms with Gasteiger partial charge in [0.2, 0.25) is 0 Å². The Morgan fingerprint density at radius 1 is 1.11 bits per heavy atom. The summed E-state index contributed by atoms with van der Waals surface area (Å²) in [5, 5.41) is 2.88. The van der Waals surface area contributed by atoms with E-state index in [-0.39, 0.29) is 5.56 Å². The van der Waals surface area contributed by atoms with Gasteiger partial charge in [-0.2, -0.15) is 13.2 Å². The van der Waals surface area contributed by atoms with Crippen LogP contribution in [0.1, 0.15) is 59.8 Å². The standard InChI is InChI=1S/C25H35ClF3N5O2/c1-7-34(18-10-8-17(9-11-18)31(3)4)21-13-16(26)12-19(15(21)2)23(35)30-14-20-22(25(27,28)29)32(5)33(6)24(20)36/h12-13,17-18H,7-11,14H2,1-6H3,(H,30,35). The van der Waals surface area contributed by atoms with Crippen LogP contribution in [0.25, 0.3) is 0 Å². The maximum atomic E-state index is 13.6. The van der Waals surface area contributed by atoms with Crippen molar-refractivity contribution >= 4 is 23.2 Å². The first-order valence-electron chi connectivity index (χ1n) is 12.1. The van der Waals surface area contributed by atoms with Crippen LogP contribution >= 0.6 is 11.6 Å². The fourth-order valence-electron chi connectivity index (χ4n) is 5.27. The molecule has 1 heterocycles. The van der Waals surface area contributed by atoms with E-state index in [2.05, 4.69) is 36.1 Å². The van der Waals surface area contributed by atoms with Gasteiger partial charge in [-0.05, 0) is 71.3 Å². The molecule has 0 saturated heterocycles. The molecule has 11 heteroatoms. The second kappa shape index (κ2) is 10.9. The van der Waals surface area contributed by atoms with E-state index in [1.54, 1.807) is 0 Å². The molecule has 1 aromatic heterocycles. The van der Waals surface area contributed by atoms with Gasteiger partial charge in [0.1, 0.15) is 5.69 Å². The summed E-state index contributed by atoms with van der Waals surface area (Å²) in [5.41, 5.74) is -0.572. The van der Waals surface area contributed by atoms with E-state index >= 15 is 0 Å². The van der Waals surface area contributed by atoms with E-state index in [4.69, 9.17) is 11.6 Å². The van der Waals surface area contributed by atoms with Gasteiger partial charge in [0.15, 0.2) is 0 Å². The Kier molecular flexibility index (Phi) is 8.50. The van der Waals surface area contributed by atoms with Crippen molar-refractivity contribution in [1.29, 1.82) is 0 Å². The molecule has 7 nitrogen and oxygen atoms in total. The molecule has 0 aliphatic heterocycles. The molecule has 1 aliphatic rings. The number of nitrogens with one attached hydrogen (secondary N) is 1. The summed E-state index contributed by atoms with van der Waals surface area (Å²) in [7, 11) is 6.60. The van der Waals surface area contributed by atoms with Crippen molar-refractivity contribution < 1.29 is 18.0 Å². The Morgan fingerprint density at radius 2 is 1.69 bits per heavy atom. The lowest BCUT2D eigenvalue weighted by Gasteiger charge is -2.40. The maximum absolute atomic E-state index is 13.6. The lowest BCUT2D eigenvalue weighted by Crippen LogP contribution is -2.42. The monoisotopic (exact) mass is 529 g/mol. The van der Waals surface area contributed by atoms with Crippen molar-refractivity contribution in [3.63, 3.8) is 0 Å². The Labute approximate surface area is 214 Å². The highest BCUT2D eigenvalue weighted by molar-refractivity contribution is 6.31. The molecule has 1 amide bonds. The molecule has 1 aromatic carbocycles. The average Bonchev–Trinajstić information content (AvgIpc) is 3.03. The van der Waals surface area contributed by atoms with Gasteiger partial charge in [0.25, 0.3) is 11.5 Å². The van der Waals surface area contributed by atoms with Crippen molar-refractivity contribution in [3.05, 3.63) is 49.9 Å². The smallest absolute Gasteiger partial charge is 0.369 e. The van der Waals surface area contributed by atoms with Crippen LogP contribution in [0.4, 0.5) is 18.9 Å². The summed E-state index contributed by atoms with van der Waals surface area (Å²) in [5.74, 6) is -0.581. The van der Waals surface area contributed by atoms with Crippen LogP contribution < -0.4 is 15.8 Å². The molecule has 1 fully saturated rings. The molecule has 0 unspecified atom stereocenters. The highest BCUT2D eigenvalue weighted by Gasteiger charge is 2.39. The third kappa shape index (κ3) is 5.59. The molecule has 1 N–H and O–H groups in total. The van der Waals surface area contributed by atoms with Crippen molar-refractivity contribution in [2.75, 3.05) is 25.5 Å². The van der Waals surface area contributed by atoms with Crippen LogP contribution in [0.5, 0.6) is 0 Å². The maximum Gasteiger partial charge on any atom is 0.433 e. The molecular weight excluding hydrogens is 495 g/mol. The molecule has 0 atom stereocenters. The summed E-state index contributed by atoms with van der Waals surface area (Å²) < 4.78 is 42.4. The van der Waals surface area contributed by atoms with E-state index in [0.717, 1.165) is 54.3 Å². The average molecular weight is 530 g/mol. The van der Waals surface area contributed by atoms with E-state index < -0.39 is 35.4 Å². The minimum atomic E-state index is -4.73. The van der Waals surface area contributed by atoms with E-state index in [9.17, 15) is 22.8 Å². The Hall–Kier alpha value is -2.46. The topological polar surface area (TPSA) is 62.5 Å². The van der Waals surface area contributed by atoms with Gasteiger partial charge in [-0.25, -0.2) is 0 Å². The highest BCUT2D eigenvalue weighted by atomic mass is 35.5. The number of carbonyl (C=O) groups excluding carboxylic acids is 1. The molecular formula is C25H35ClF3N5O2. The van der Waals surface area contributed by atoms with Crippen LogP contribution in [0.2, 0.25) is 5.02 Å². The fraction of sp³-hybridized carbons (Fsp3) is 0.600. The predicted molar refractivity (Wildman–Crippen MR) is 136 cm³/mol. The van der Waals surface area contributed by atoms with Crippen LogP contribution in [-0.2, 0) is 26.8 Å². The van der Waals surface area contributed by atoms with Gasteiger partial charge >= 0.3 is 6.18 Å². The number of halogens is 4. The zero-order chi connectivity index (χ0) is 26.9. The minimum Gasteiger partial charge on any atom is -0.369 e. The van der Waals surface area contributed by atoms with Gasteiger partial charge in [0.05, 0.1) is 12.1 Å². The number of alkyl halides is 3. The number of amides is 1. The molecule has 0 bridgehead atoms. The number of nitrogens with zero attached hydrogens (tertiary/aromatic N) is 4. The summed E-state index contributed by atoms with van der Waals surface area (Å²) in [6, 6.07) is 4.21. The number of hydrogen-bond donors (Lipinski definition) is 1. The number of carbonyl (C=O) groups is 1. The number of rotatable bonds is 7. The van der Waals surface area contributed by atoms with Crippen molar-refractivity contribution in [2.45, 2.75) is 64.3 Å². The first kappa shape index (κ1) is 28.1. The third-order valence-electron chi connectivity index (χ3n) is 7.38. The number of hydrogen-bond acceptors (Lipinski definition) is 4. The van der Waals surface area contributed by atoms with Gasteiger partial charge in [-0.1, -0.05) is 11.6 Å². The number of anilines is 1. The highest BCUT2D eigenvalue weighted by Crippen LogP contribution is 2.34. The third-order valence-corrected chi connectivity index (χ3v) is 7.60. The lowest BCUT2D eigenvalue weighted by molar-refractivity contribution is -0.144. The quantitative estimate of drug-likeness (QED) is 0.580. The van der Waals surface area contributed by atoms with Crippen molar-refractivity contribution in [2.24, 2.45) is 14.1 Å². The molecule has 2 aromatic rings. The van der Waals surface area contributed by atoms with Crippen molar-refractivity contribution in [3.8, 4) is 0 Å². The fourth-order valence-corrected chi connectivity index (χ4v) is 5.48. The SMILES string of the molecule is CCN(c1cc(Cl)cc(C(=O)NCc2c(C(F)(F)F)n(C)n(C)c2=O)c1C)C1CCC(N(C)C)CC1. The number of benzene rings is 1. The minimum absolute atomic E-state index is 0.277. The zero-order valence-electron chi connectivity index (χ0n) is 21.7. The van der Waals surface area contributed by atoms with Gasteiger partial charge < -0.3 is 15.1 Å². The normalized spacial score (nSPS) is 18.5. The Balaban J connectivity index is 1.86. The number of aromatic nitrogens is 2.